The second-order valence-corrected chi connectivity index (χ2v) is 7.41. The van der Waals surface area contributed by atoms with Crippen molar-refractivity contribution in [1.82, 2.24) is 4.98 Å². The van der Waals surface area contributed by atoms with Gasteiger partial charge in [-0.05, 0) is 23.8 Å². The molecule has 0 spiro atoms. The van der Waals surface area contributed by atoms with Gasteiger partial charge in [0.2, 0.25) is 0 Å². The maximum absolute atomic E-state index is 13.3. The Morgan fingerprint density at radius 1 is 1.00 bits per heavy atom. The summed E-state index contributed by atoms with van der Waals surface area (Å²) in [6.07, 6.45) is -3.85. The second kappa shape index (κ2) is 7.17. The Bertz CT molecular complexity index is 1280. The van der Waals surface area contributed by atoms with Crippen LogP contribution in [0.5, 0.6) is 5.75 Å². The van der Waals surface area contributed by atoms with E-state index in [0.29, 0.717) is 0 Å². The van der Waals surface area contributed by atoms with Crippen LogP contribution in [0.2, 0.25) is 0 Å². The van der Waals surface area contributed by atoms with Gasteiger partial charge in [0.25, 0.3) is 0 Å². The lowest BCUT2D eigenvalue weighted by molar-refractivity contribution is -0.136. The lowest BCUT2D eigenvalue weighted by atomic mass is 9.95. The molecular weight excluding hydrogens is 438 g/mol. The van der Waals surface area contributed by atoms with Crippen LogP contribution in [0, 0.1) is 11.3 Å². The number of halogens is 6. The fraction of sp³-hybridized carbons (Fsp3) is 0.111. The molecule has 30 heavy (non-hydrogen) atoms. The van der Waals surface area contributed by atoms with Gasteiger partial charge in [0.15, 0.2) is 0 Å². The molecule has 0 aliphatic rings. The summed E-state index contributed by atoms with van der Waals surface area (Å²) in [6, 6.07) is 9.10. The van der Waals surface area contributed by atoms with Crippen LogP contribution in [0.15, 0.2) is 48.7 Å². The number of hydrogen-bond donors (Lipinski definition) is 0. The molecule has 0 radical (unpaired) electrons. The van der Waals surface area contributed by atoms with Crippen LogP contribution < -0.4 is 4.18 Å². The average molecular weight is 446 g/mol. The molecule has 156 valence electrons. The second-order valence-electron chi connectivity index (χ2n) is 5.87. The van der Waals surface area contributed by atoms with Crippen LogP contribution in [0.1, 0.15) is 11.1 Å². The molecule has 0 amide bonds. The van der Waals surface area contributed by atoms with Gasteiger partial charge in [0, 0.05) is 17.1 Å². The monoisotopic (exact) mass is 446 g/mol. The zero-order valence-corrected chi connectivity index (χ0v) is 15.2. The van der Waals surface area contributed by atoms with Crippen LogP contribution in [0.25, 0.3) is 22.0 Å². The van der Waals surface area contributed by atoms with Gasteiger partial charge >= 0.3 is 21.8 Å². The predicted octanol–water partition coefficient (Wildman–Crippen LogP) is 5.02. The van der Waals surface area contributed by atoms with E-state index < -0.39 is 38.6 Å². The number of nitrogens with zero attached hydrogens (tertiary/aromatic N) is 2. The summed E-state index contributed by atoms with van der Waals surface area (Å²) in [7, 11) is -5.96. The first-order valence-corrected chi connectivity index (χ1v) is 9.26. The summed E-state index contributed by atoms with van der Waals surface area (Å²) in [5, 5.41) is 9.25. The number of benzene rings is 2. The fourth-order valence-electron chi connectivity index (χ4n) is 2.72. The van der Waals surface area contributed by atoms with E-state index in [4.69, 9.17) is 0 Å². The first-order chi connectivity index (χ1) is 13.8. The molecule has 12 heteroatoms. The van der Waals surface area contributed by atoms with Gasteiger partial charge in [0.1, 0.15) is 11.8 Å². The third-order valence-electron chi connectivity index (χ3n) is 3.94. The lowest BCUT2D eigenvalue weighted by Gasteiger charge is -2.14. The minimum Gasteiger partial charge on any atom is -0.376 e. The highest BCUT2D eigenvalue weighted by Gasteiger charge is 2.48. The molecule has 1 aromatic heterocycles. The van der Waals surface area contributed by atoms with Gasteiger partial charge in [-0.1, -0.05) is 24.3 Å². The molecule has 0 N–H and O–H groups in total. The number of hydrogen-bond acceptors (Lipinski definition) is 5. The van der Waals surface area contributed by atoms with E-state index in [1.54, 1.807) is 6.07 Å². The van der Waals surface area contributed by atoms with Crippen molar-refractivity contribution in [3.05, 3.63) is 59.8 Å². The van der Waals surface area contributed by atoms with Crippen molar-refractivity contribution in [2.24, 2.45) is 0 Å². The number of aromatic nitrogens is 1. The standard InChI is InChI=1S/C18H8F6N2O3S/c19-17(20,21)14-6-2-5-13-15(11(8-25)9-26-16(13)14)10-3-1-4-12(7-10)29-30(27,28)18(22,23)24/h1-7,9H. The van der Waals surface area contributed by atoms with E-state index in [1.165, 1.54) is 12.1 Å². The van der Waals surface area contributed by atoms with Gasteiger partial charge < -0.3 is 4.18 Å². The molecule has 1 heterocycles. The fourth-order valence-corrected chi connectivity index (χ4v) is 3.18. The molecule has 0 aliphatic carbocycles. The van der Waals surface area contributed by atoms with Crippen LogP contribution in [0.3, 0.4) is 0 Å². The smallest absolute Gasteiger partial charge is 0.376 e. The van der Waals surface area contributed by atoms with Crippen molar-refractivity contribution < 1.29 is 38.9 Å². The molecule has 2 aromatic carbocycles. The molecule has 0 unspecified atom stereocenters. The number of fused-ring (bicyclic) bond motifs is 1. The summed E-state index contributed by atoms with van der Waals surface area (Å²) in [4.78, 5) is 3.70. The average Bonchev–Trinajstić information content (AvgIpc) is 2.64. The van der Waals surface area contributed by atoms with Gasteiger partial charge in [0.05, 0.1) is 16.6 Å². The SMILES string of the molecule is N#Cc1cnc2c(C(F)(F)F)cccc2c1-c1cccc(OS(=O)(=O)C(F)(F)F)c1. The third-order valence-corrected chi connectivity index (χ3v) is 4.91. The molecule has 0 aliphatic heterocycles. The minimum atomic E-state index is -5.96. The first kappa shape index (κ1) is 21.4. The van der Waals surface area contributed by atoms with Gasteiger partial charge in [-0.15, -0.1) is 0 Å². The Labute approximate surface area is 165 Å². The molecule has 0 atom stereocenters. The minimum absolute atomic E-state index is 0.0341. The highest BCUT2D eigenvalue weighted by atomic mass is 32.2. The summed E-state index contributed by atoms with van der Waals surface area (Å²) < 4.78 is 104. The normalized spacial score (nSPS) is 12.6. The van der Waals surface area contributed by atoms with Gasteiger partial charge in [-0.2, -0.15) is 40.0 Å². The van der Waals surface area contributed by atoms with Gasteiger partial charge in [-0.3, -0.25) is 4.98 Å². The predicted molar refractivity (Wildman–Crippen MR) is 92.5 cm³/mol. The molecule has 5 nitrogen and oxygen atoms in total. The van der Waals surface area contributed by atoms with Crippen LogP contribution in [0.4, 0.5) is 26.3 Å². The van der Waals surface area contributed by atoms with Crippen molar-refractivity contribution >= 4 is 21.0 Å². The molecule has 0 fully saturated rings. The van der Waals surface area contributed by atoms with Crippen molar-refractivity contribution in [3.63, 3.8) is 0 Å². The van der Waals surface area contributed by atoms with E-state index in [-0.39, 0.29) is 22.1 Å². The molecule has 0 saturated heterocycles. The summed E-state index contributed by atoms with van der Waals surface area (Å²) >= 11 is 0. The van der Waals surface area contributed by atoms with Crippen LogP contribution in [-0.4, -0.2) is 18.9 Å². The van der Waals surface area contributed by atoms with Gasteiger partial charge in [-0.25, -0.2) is 0 Å². The maximum atomic E-state index is 13.3. The summed E-state index contributed by atoms with van der Waals surface area (Å²) in [6.45, 7) is 0. The van der Waals surface area contributed by atoms with E-state index >= 15 is 0 Å². The van der Waals surface area contributed by atoms with Crippen molar-refractivity contribution in [2.45, 2.75) is 11.7 Å². The maximum Gasteiger partial charge on any atom is 0.534 e. The first-order valence-electron chi connectivity index (χ1n) is 7.85. The van der Waals surface area contributed by atoms with E-state index in [9.17, 15) is 40.0 Å². The summed E-state index contributed by atoms with van der Waals surface area (Å²) in [5.74, 6) is -0.731. The number of nitriles is 1. The van der Waals surface area contributed by atoms with Crippen LogP contribution >= 0.6 is 0 Å². The Hall–Kier alpha value is -3.33. The Kier molecular flexibility index (Phi) is 5.11. The molecular formula is C18H8F6N2O3S. The number of rotatable bonds is 3. The van der Waals surface area contributed by atoms with E-state index in [0.717, 1.165) is 36.5 Å². The van der Waals surface area contributed by atoms with E-state index in [2.05, 4.69) is 9.17 Å². The third kappa shape index (κ3) is 3.88. The highest BCUT2D eigenvalue weighted by molar-refractivity contribution is 7.88. The van der Waals surface area contributed by atoms with Crippen LogP contribution in [-0.2, 0) is 16.3 Å². The van der Waals surface area contributed by atoms with E-state index in [1.807, 2.05) is 0 Å². The number of pyridine rings is 1. The lowest BCUT2D eigenvalue weighted by Crippen LogP contribution is -2.28. The summed E-state index contributed by atoms with van der Waals surface area (Å²) in [5.41, 5.74) is -7.49. The van der Waals surface area contributed by atoms with Crippen molar-refractivity contribution in [3.8, 4) is 22.9 Å². The quantitative estimate of drug-likeness (QED) is 0.321. The highest BCUT2D eigenvalue weighted by Crippen LogP contribution is 2.39. The molecule has 0 saturated carbocycles. The number of alkyl halides is 6. The van der Waals surface area contributed by atoms with Crippen molar-refractivity contribution in [2.75, 3.05) is 0 Å². The zero-order chi connectivity index (χ0) is 22.3. The molecule has 0 bridgehead atoms. The largest absolute Gasteiger partial charge is 0.534 e. The Balaban J connectivity index is 2.24. The number of para-hydroxylation sites is 1. The van der Waals surface area contributed by atoms with Crippen molar-refractivity contribution in [1.29, 1.82) is 5.26 Å². The Morgan fingerprint density at radius 2 is 1.67 bits per heavy atom. The topological polar surface area (TPSA) is 80.0 Å². The Morgan fingerprint density at radius 3 is 2.27 bits per heavy atom. The zero-order valence-electron chi connectivity index (χ0n) is 14.4. The molecule has 3 aromatic rings. The molecule has 3 rings (SSSR count).